The SMILES string of the molecule is O=C1CC2(CCc3cc(Cl)ccc32)C(=O)O1. The number of rotatable bonds is 0. The van der Waals surface area contributed by atoms with Crippen molar-refractivity contribution in [3.63, 3.8) is 0 Å². The molecule has 1 aliphatic carbocycles. The summed E-state index contributed by atoms with van der Waals surface area (Å²) in [6.45, 7) is 0. The fourth-order valence-electron chi connectivity index (χ4n) is 2.67. The molecule has 0 bridgehead atoms. The van der Waals surface area contributed by atoms with Crippen molar-refractivity contribution >= 4 is 23.5 Å². The van der Waals surface area contributed by atoms with Crippen LogP contribution in [0.1, 0.15) is 24.0 Å². The fourth-order valence-corrected chi connectivity index (χ4v) is 2.86. The van der Waals surface area contributed by atoms with Gasteiger partial charge in [0.25, 0.3) is 0 Å². The van der Waals surface area contributed by atoms with E-state index in [1.54, 1.807) is 6.07 Å². The van der Waals surface area contributed by atoms with E-state index in [1.165, 1.54) is 0 Å². The van der Waals surface area contributed by atoms with Gasteiger partial charge in [0.1, 0.15) is 5.41 Å². The number of halogens is 1. The number of ether oxygens (including phenoxy) is 1. The maximum absolute atomic E-state index is 11.8. The highest BCUT2D eigenvalue weighted by molar-refractivity contribution is 6.30. The maximum Gasteiger partial charge on any atom is 0.324 e. The lowest BCUT2D eigenvalue weighted by Crippen LogP contribution is -2.28. The molecule has 16 heavy (non-hydrogen) atoms. The van der Waals surface area contributed by atoms with Crippen molar-refractivity contribution in [3.8, 4) is 0 Å². The molecule has 1 saturated heterocycles. The van der Waals surface area contributed by atoms with Crippen LogP contribution in [0.3, 0.4) is 0 Å². The Bertz CT molecular complexity index is 509. The molecular formula is C12H9ClO3. The van der Waals surface area contributed by atoms with Gasteiger partial charge in [-0.15, -0.1) is 0 Å². The van der Waals surface area contributed by atoms with E-state index in [0.29, 0.717) is 11.4 Å². The van der Waals surface area contributed by atoms with Crippen LogP contribution in [0.2, 0.25) is 5.02 Å². The van der Waals surface area contributed by atoms with Crippen LogP contribution in [0.4, 0.5) is 0 Å². The number of hydrogen-bond donors (Lipinski definition) is 0. The van der Waals surface area contributed by atoms with Crippen molar-refractivity contribution in [2.24, 2.45) is 0 Å². The Morgan fingerprint density at radius 3 is 2.81 bits per heavy atom. The molecule has 0 aromatic heterocycles. The fraction of sp³-hybridized carbons (Fsp3) is 0.333. The summed E-state index contributed by atoms with van der Waals surface area (Å²) in [5.74, 6) is -0.827. The van der Waals surface area contributed by atoms with Crippen LogP contribution in [0.25, 0.3) is 0 Å². The monoisotopic (exact) mass is 236 g/mol. The molecule has 1 spiro atoms. The van der Waals surface area contributed by atoms with E-state index in [0.717, 1.165) is 17.5 Å². The van der Waals surface area contributed by atoms with Crippen LogP contribution in [-0.2, 0) is 26.2 Å². The highest BCUT2D eigenvalue weighted by Gasteiger charge is 2.53. The van der Waals surface area contributed by atoms with Gasteiger partial charge in [-0.1, -0.05) is 17.7 Å². The third-order valence-corrected chi connectivity index (χ3v) is 3.68. The van der Waals surface area contributed by atoms with E-state index in [1.807, 2.05) is 12.1 Å². The number of fused-ring (bicyclic) bond motifs is 2. The smallest absolute Gasteiger partial charge is 0.324 e. The molecule has 2 aliphatic rings. The predicted molar refractivity (Wildman–Crippen MR) is 57.2 cm³/mol. The van der Waals surface area contributed by atoms with E-state index in [2.05, 4.69) is 4.74 Å². The highest BCUT2D eigenvalue weighted by Crippen LogP contribution is 2.46. The van der Waals surface area contributed by atoms with Crippen molar-refractivity contribution in [1.29, 1.82) is 0 Å². The van der Waals surface area contributed by atoms with Gasteiger partial charge in [-0.2, -0.15) is 0 Å². The summed E-state index contributed by atoms with van der Waals surface area (Å²) in [5, 5.41) is 0.661. The first-order chi connectivity index (χ1) is 7.62. The lowest BCUT2D eigenvalue weighted by Gasteiger charge is -2.17. The molecule has 1 aromatic rings. The summed E-state index contributed by atoms with van der Waals surface area (Å²) in [6.07, 6.45) is 1.59. The minimum absolute atomic E-state index is 0.167. The number of carbonyl (C=O) groups excluding carboxylic acids is 2. The average molecular weight is 237 g/mol. The van der Waals surface area contributed by atoms with Gasteiger partial charge in [-0.25, -0.2) is 0 Å². The van der Waals surface area contributed by atoms with Crippen molar-refractivity contribution < 1.29 is 14.3 Å². The van der Waals surface area contributed by atoms with Crippen LogP contribution in [0, 0.1) is 0 Å². The summed E-state index contributed by atoms with van der Waals surface area (Å²) in [5.41, 5.74) is 1.24. The Labute approximate surface area is 97.3 Å². The predicted octanol–water partition coefficient (Wildman–Crippen LogP) is 2.00. The second-order valence-electron chi connectivity index (χ2n) is 4.32. The van der Waals surface area contributed by atoms with Gasteiger partial charge < -0.3 is 4.74 Å². The molecule has 3 nitrogen and oxygen atoms in total. The molecule has 0 saturated carbocycles. The third-order valence-electron chi connectivity index (χ3n) is 3.45. The second kappa shape index (κ2) is 3.08. The first-order valence-electron chi connectivity index (χ1n) is 5.16. The minimum atomic E-state index is -0.725. The molecule has 82 valence electrons. The number of carbonyl (C=O) groups is 2. The molecule has 0 radical (unpaired) electrons. The van der Waals surface area contributed by atoms with Gasteiger partial charge in [0, 0.05) is 5.02 Å². The first-order valence-corrected chi connectivity index (χ1v) is 5.54. The number of aryl methyl sites for hydroxylation is 1. The van der Waals surface area contributed by atoms with Crippen LogP contribution in [-0.4, -0.2) is 11.9 Å². The van der Waals surface area contributed by atoms with Crippen LogP contribution in [0.5, 0.6) is 0 Å². The largest absolute Gasteiger partial charge is 0.392 e. The molecule has 0 amide bonds. The Morgan fingerprint density at radius 1 is 1.31 bits per heavy atom. The number of hydrogen-bond acceptors (Lipinski definition) is 3. The quantitative estimate of drug-likeness (QED) is 0.511. The Morgan fingerprint density at radius 2 is 2.12 bits per heavy atom. The Kier molecular flexibility index (Phi) is 1.89. The van der Waals surface area contributed by atoms with Crippen LogP contribution < -0.4 is 0 Å². The van der Waals surface area contributed by atoms with Gasteiger partial charge >= 0.3 is 11.9 Å². The van der Waals surface area contributed by atoms with E-state index in [9.17, 15) is 9.59 Å². The Balaban J connectivity index is 2.15. The molecule has 1 aromatic carbocycles. The second-order valence-corrected chi connectivity index (χ2v) is 4.76. The third kappa shape index (κ3) is 1.15. The van der Waals surface area contributed by atoms with E-state index >= 15 is 0 Å². The zero-order valence-corrected chi connectivity index (χ0v) is 9.21. The molecule has 1 heterocycles. The van der Waals surface area contributed by atoms with E-state index in [-0.39, 0.29) is 6.42 Å². The van der Waals surface area contributed by atoms with Gasteiger partial charge in [-0.3, -0.25) is 9.59 Å². The lowest BCUT2D eigenvalue weighted by molar-refractivity contribution is -0.153. The average Bonchev–Trinajstić information content (AvgIpc) is 2.70. The summed E-state index contributed by atoms with van der Waals surface area (Å²) < 4.78 is 4.68. The molecular weight excluding hydrogens is 228 g/mol. The number of cyclic esters (lactones) is 2. The maximum atomic E-state index is 11.8. The van der Waals surface area contributed by atoms with Gasteiger partial charge in [0.2, 0.25) is 0 Å². The van der Waals surface area contributed by atoms with Crippen molar-refractivity contribution in [1.82, 2.24) is 0 Å². The summed E-state index contributed by atoms with van der Waals surface area (Å²) in [7, 11) is 0. The van der Waals surface area contributed by atoms with E-state index < -0.39 is 17.4 Å². The Hall–Kier alpha value is -1.35. The molecule has 1 aliphatic heterocycles. The summed E-state index contributed by atoms with van der Waals surface area (Å²) in [6, 6.07) is 5.45. The van der Waals surface area contributed by atoms with Crippen LogP contribution in [0.15, 0.2) is 18.2 Å². The zero-order valence-electron chi connectivity index (χ0n) is 8.46. The summed E-state index contributed by atoms with van der Waals surface area (Å²) >= 11 is 5.90. The normalized spacial score (nSPS) is 27.3. The molecule has 1 fully saturated rings. The topological polar surface area (TPSA) is 43.4 Å². The molecule has 3 rings (SSSR count). The molecule has 1 unspecified atom stereocenters. The van der Waals surface area contributed by atoms with Gasteiger partial charge in [0.05, 0.1) is 6.42 Å². The van der Waals surface area contributed by atoms with Crippen LogP contribution >= 0.6 is 11.6 Å². The number of esters is 2. The first kappa shape index (κ1) is 9.85. The molecule has 1 atom stereocenters. The minimum Gasteiger partial charge on any atom is -0.392 e. The van der Waals surface area contributed by atoms with Gasteiger partial charge in [-0.05, 0) is 36.1 Å². The molecule has 0 N–H and O–H groups in total. The van der Waals surface area contributed by atoms with E-state index in [4.69, 9.17) is 11.6 Å². The standard InChI is InChI=1S/C12H9ClO3/c13-8-1-2-9-7(5-8)3-4-12(9)6-10(14)16-11(12)15/h1-2,5H,3-4,6H2. The highest BCUT2D eigenvalue weighted by atomic mass is 35.5. The van der Waals surface area contributed by atoms with Crippen molar-refractivity contribution in [2.75, 3.05) is 0 Å². The van der Waals surface area contributed by atoms with Crippen molar-refractivity contribution in [3.05, 3.63) is 34.3 Å². The lowest BCUT2D eigenvalue weighted by atomic mass is 9.80. The molecule has 4 heteroatoms. The van der Waals surface area contributed by atoms with Gasteiger partial charge in [0.15, 0.2) is 0 Å². The zero-order chi connectivity index (χ0) is 11.3. The van der Waals surface area contributed by atoms with Crippen molar-refractivity contribution in [2.45, 2.75) is 24.7 Å². The number of benzene rings is 1. The summed E-state index contributed by atoms with van der Waals surface area (Å²) in [4.78, 5) is 23.0.